The van der Waals surface area contributed by atoms with Gasteiger partial charge in [0.15, 0.2) is 0 Å². The minimum atomic E-state index is 0.430. The van der Waals surface area contributed by atoms with Crippen molar-refractivity contribution in [3.05, 3.63) is 47.0 Å². The SMILES string of the molecule is Cc1cc(Cl)ccc1-n1cnc(CCl)c1. The number of rotatable bonds is 2. The minimum absolute atomic E-state index is 0.430. The molecular weight excluding hydrogens is 231 g/mol. The fourth-order valence-corrected chi connectivity index (χ4v) is 1.84. The van der Waals surface area contributed by atoms with E-state index in [0.717, 1.165) is 22.0 Å². The topological polar surface area (TPSA) is 17.8 Å². The van der Waals surface area contributed by atoms with E-state index in [4.69, 9.17) is 23.2 Å². The lowest BCUT2D eigenvalue weighted by Gasteiger charge is -2.06. The summed E-state index contributed by atoms with van der Waals surface area (Å²) in [7, 11) is 0. The van der Waals surface area contributed by atoms with Gasteiger partial charge in [0.1, 0.15) is 0 Å². The molecule has 0 radical (unpaired) electrons. The highest BCUT2D eigenvalue weighted by atomic mass is 35.5. The van der Waals surface area contributed by atoms with E-state index < -0.39 is 0 Å². The van der Waals surface area contributed by atoms with Crippen LogP contribution in [0.1, 0.15) is 11.3 Å². The number of benzene rings is 1. The molecule has 1 heterocycles. The highest BCUT2D eigenvalue weighted by Gasteiger charge is 2.03. The molecular formula is C11H10Cl2N2. The monoisotopic (exact) mass is 240 g/mol. The Labute approximate surface area is 98.5 Å². The van der Waals surface area contributed by atoms with Crippen molar-refractivity contribution in [2.24, 2.45) is 0 Å². The Morgan fingerprint density at radius 1 is 1.40 bits per heavy atom. The first kappa shape index (κ1) is 10.5. The number of alkyl halides is 1. The summed E-state index contributed by atoms with van der Waals surface area (Å²) in [5.74, 6) is 0.430. The van der Waals surface area contributed by atoms with Crippen LogP contribution in [0.4, 0.5) is 0 Å². The molecule has 0 spiro atoms. The van der Waals surface area contributed by atoms with Crippen LogP contribution < -0.4 is 0 Å². The summed E-state index contributed by atoms with van der Waals surface area (Å²) in [6.45, 7) is 2.02. The predicted octanol–water partition coefficient (Wildman–Crippen LogP) is 3.57. The normalized spacial score (nSPS) is 10.6. The molecule has 0 bridgehead atoms. The molecule has 0 saturated heterocycles. The van der Waals surface area contributed by atoms with Gasteiger partial charge in [0.05, 0.1) is 17.9 Å². The number of aryl methyl sites for hydroxylation is 1. The summed E-state index contributed by atoms with van der Waals surface area (Å²) in [6, 6.07) is 5.76. The van der Waals surface area contributed by atoms with Crippen LogP contribution in [-0.4, -0.2) is 9.55 Å². The van der Waals surface area contributed by atoms with Crippen molar-refractivity contribution in [1.29, 1.82) is 0 Å². The standard InChI is InChI=1S/C11H10Cl2N2/c1-8-4-9(13)2-3-11(8)15-6-10(5-12)14-7-15/h2-4,6-7H,5H2,1H3. The molecule has 0 amide bonds. The fraction of sp³-hybridized carbons (Fsp3) is 0.182. The molecule has 0 aliphatic heterocycles. The number of hydrogen-bond donors (Lipinski definition) is 0. The minimum Gasteiger partial charge on any atom is -0.306 e. The Hall–Kier alpha value is -0.990. The summed E-state index contributed by atoms with van der Waals surface area (Å²) >= 11 is 11.6. The Kier molecular flexibility index (Phi) is 2.98. The zero-order valence-electron chi connectivity index (χ0n) is 8.24. The Balaban J connectivity index is 2.44. The number of imidazole rings is 1. The lowest BCUT2D eigenvalue weighted by molar-refractivity contribution is 1.04. The maximum absolute atomic E-state index is 5.89. The third-order valence-electron chi connectivity index (χ3n) is 2.21. The molecule has 2 aromatic rings. The molecule has 78 valence electrons. The molecule has 15 heavy (non-hydrogen) atoms. The molecule has 1 aromatic heterocycles. The lowest BCUT2D eigenvalue weighted by atomic mass is 10.2. The first-order valence-corrected chi connectivity index (χ1v) is 5.47. The van der Waals surface area contributed by atoms with Crippen molar-refractivity contribution < 1.29 is 0 Å². The van der Waals surface area contributed by atoms with Gasteiger partial charge >= 0.3 is 0 Å². The summed E-state index contributed by atoms with van der Waals surface area (Å²) in [5, 5.41) is 0.744. The molecule has 0 N–H and O–H groups in total. The molecule has 0 unspecified atom stereocenters. The molecule has 2 rings (SSSR count). The van der Waals surface area contributed by atoms with Gasteiger partial charge in [-0.3, -0.25) is 0 Å². The third kappa shape index (κ3) is 2.16. The average Bonchev–Trinajstić information content (AvgIpc) is 2.66. The van der Waals surface area contributed by atoms with E-state index in [1.54, 1.807) is 6.33 Å². The third-order valence-corrected chi connectivity index (χ3v) is 2.72. The van der Waals surface area contributed by atoms with Gasteiger partial charge < -0.3 is 4.57 Å². The van der Waals surface area contributed by atoms with Crippen molar-refractivity contribution in [3.63, 3.8) is 0 Å². The first-order valence-electron chi connectivity index (χ1n) is 4.56. The largest absolute Gasteiger partial charge is 0.306 e. The van der Waals surface area contributed by atoms with Gasteiger partial charge in [-0.1, -0.05) is 11.6 Å². The van der Waals surface area contributed by atoms with Crippen molar-refractivity contribution in [1.82, 2.24) is 9.55 Å². The quantitative estimate of drug-likeness (QED) is 0.735. The second-order valence-corrected chi connectivity index (χ2v) is 4.04. The van der Waals surface area contributed by atoms with Crippen LogP contribution in [0.2, 0.25) is 5.02 Å². The average molecular weight is 241 g/mol. The van der Waals surface area contributed by atoms with Crippen LogP contribution in [0, 0.1) is 6.92 Å². The van der Waals surface area contributed by atoms with Crippen molar-refractivity contribution >= 4 is 23.2 Å². The van der Waals surface area contributed by atoms with Gasteiger partial charge in [-0.2, -0.15) is 0 Å². The molecule has 0 aliphatic rings. The van der Waals surface area contributed by atoms with E-state index in [9.17, 15) is 0 Å². The highest BCUT2D eigenvalue weighted by Crippen LogP contribution is 2.19. The van der Waals surface area contributed by atoms with Gasteiger partial charge in [-0.25, -0.2) is 4.98 Å². The van der Waals surface area contributed by atoms with Crippen molar-refractivity contribution in [2.75, 3.05) is 0 Å². The maximum atomic E-state index is 5.89. The van der Waals surface area contributed by atoms with E-state index >= 15 is 0 Å². The smallest absolute Gasteiger partial charge is 0.0995 e. The van der Waals surface area contributed by atoms with Crippen LogP contribution in [0.3, 0.4) is 0 Å². The number of aromatic nitrogens is 2. The van der Waals surface area contributed by atoms with Gasteiger partial charge in [-0.15, -0.1) is 11.6 Å². The lowest BCUT2D eigenvalue weighted by Crippen LogP contribution is -1.93. The maximum Gasteiger partial charge on any atom is 0.0995 e. The molecule has 4 heteroatoms. The van der Waals surface area contributed by atoms with Crippen molar-refractivity contribution in [2.45, 2.75) is 12.8 Å². The van der Waals surface area contributed by atoms with Crippen LogP contribution in [0.25, 0.3) is 5.69 Å². The number of halogens is 2. The number of hydrogen-bond acceptors (Lipinski definition) is 1. The zero-order valence-corrected chi connectivity index (χ0v) is 9.76. The van der Waals surface area contributed by atoms with Crippen molar-refractivity contribution in [3.8, 4) is 5.69 Å². The van der Waals surface area contributed by atoms with E-state index in [0.29, 0.717) is 5.88 Å². The molecule has 0 saturated carbocycles. The molecule has 0 atom stereocenters. The summed E-state index contributed by atoms with van der Waals surface area (Å²) in [6.07, 6.45) is 3.68. The molecule has 1 aromatic carbocycles. The van der Waals surface area contributed by atoms with Crippen LogP contribution in [0.15, 0.2) is 30.7 Å². The second-order valence-electron chi connectivity index (χ2n) is 3.34. The van der Waals surface area contributed by atoms with E-state index in [-0.39, 0.29) is 0 Å². The predicted molar refractivity (Wildman–Crippen MR) is 62.9 cm³/mol. The number of nitrogens with zero attached hydrogens (tertiary/aromatic N) is 2. The second kappa shape index (κ2) is 4.25. The first-order chi connectivity index (χ1) is 7.20. The summed E-state index contributed by atoms with van der Waals surface area (Å²) < 4.78 is 1.95. The summed E-state index contributed by atoms with van der Waals surface area (Å²) in [5.41, 5.74) is 3.05. The molecule has 2 nitrogen and oxygen atoms in total. The summed E-state index contributed by atoms with van der Waals surface area (Å²) in [4.78, 5) is 4.17. The molecule has 0 aliphatic carbocycles. The van der Waals surface area contributed by atoms with Gasteiger partial charge in [-0.05, 0) is 30.7 Å². The van der Waals surface area contributed by atoms with E-state index in [2.05, 4.69) is 4.98 Å². The van der Waals surface area contributed by atoms with Crippen LogP contribution in [-0.2, 0) is 5.88 Å². The fourth-order valence-electron chi connectivity index (χ4n) is 1.47. The Morgan fingerprint density at radius 2 is 2.20 bits per heavy atom. The Morgan fingerprint density at radius 3 is 2.80 bits per heavy atom. The van der Waals surface area contributed by atoms with E-state index in [1.807, 2.05) is 35.9 Å². The van der Waals surface area contributed by atoms with Gasteiger partial charge in [0.2, 0.25) is 0 Å². The van der Waals surface area contributed by atoms with E-state index in [1.165, 1.54) is 0 Å². The van der Waals surface area contributed by atoms with Gasteiger partial charge in [0.25, 0.3) is 0 Å². The zero-order chi connectivity index (χ0) is 10.8. The molecule has 0 fully saturated rings. The van der Waals surface area contributed by atoms with Crippen LogP contribution >= 0.6 is 23.2 Å². The van der Waals surface area contributed by atoms with Crippen LogP contribution in [0.5, 0.6) is 0 Å². The Bertz CT molecular complexity index is 477. The van der Waals surface area contributed by atoms with Gasteiger partial charge in [0, 0.05) is 16.9 Å². The highest BCUT2D eigenvalue weighted by molar-refractivity contribution is 6.30.